The van der Waals surface area contributed by atoms with Gasteiger partial charge in [0.25, 0.3) is 0 Å². The first kappa shape index (κ1) is 23.8. The number of rotatable bonds is 11. The Balaban J connectivity index is 1.73. The average Bonchev–Trinajstić information content (AvgIpc) is 3.49. The van der Waals surface area contributed by atoms with Crippen molar-refractivity contribution in [3.8, 4) is 5.75 Å². The highest BCUT2D eigenvalue weighted by atomic mass is 16.5. The molecule has 3 rings (SSSR count). The van der Waals surface area contributed by atoms with E-state index in [9.17, 15) is 0 Å². The summed E-state index contributed by atoms with van der Waals surface area (Å²) in [6, 6.07) is 8.47. The van der Waals surface area contributed by atoms with E-state index in [1.54, 1.807) is 13.4 Å². The van der Waals surface area contributed by atoms with Crippen LogP contribution in [0.4, 0.5) is 0 Å². The van der Waals surface area contributed by atoms with Crippen LogP contribution in [0.15, 0.2) is 47.7 Å². The lowest BCUT2D eigenvalue weighted by Crippen LogP contribution is -2.40. The van der Waals surface area contributed by atoms with Gasteiger partial charge in [-0.25, -0.2) is 0 Å². The Kier molecular flexibility index (Phi) is 9.10. The first-order valence-electron chi connectivity index (χ1n) is 11.5. The predicted octanol–water partition coefficient (Wildman–Crippen LogP) is 2.80. The highest BCUT2D eigenvalue weighted by Crippen LogP contribution is 2.31. The molecule has 0 saturated carbocycles. The van der Waals surface area contributed by atoms with Gasteiger partial charge in [-0.05, 0) is 38.9 Å². The van der Waals surface area contributed by atoms with Crippen LogP contribution in [-0.4, -0.2) is 65.5 Å². The zero-order valence-electron chi connectivity index (χ0n) is 19.7. The lowest BCUT2D eigenvalue weighted by Gasteiger charge is -2.28. The van der Waals surface area contributed by atoms with Crippen LogP contribution in [-0.2, 0) is 13.0 Å². The maximum Gasteiger partial charge on any atom is 0.191 e. The smallest absolute Gasteiger partial charge is 0.191 e. The molecule has 1 aromatic heterocycles. The summed E-state index contributed by atoms with van der Waals surface area (Å²) < 4.78 is 7.74. The fourth-order valence-corrected chi connectivity index (χ4v) is 4.03. The molecule has 2 aromatic rings. The van der Waals surface area contributed by atoms with Crippen molar-refractivity contribution < 1.29 is 4.74 Å². The third-order valence-electron chi connectivity index (χ3n) is 5.72. The van der Waals surface area contributed by atoms with Gasteiger partial charge in [0, 0.05) is 31.6 Å². The molecule has 174 valence electrons. The van der Waals surface area contributed by atoms with Crippen molar-refractivity contribution in [1.29, 1.82) is 0 Å². The Morgan fingerprint density at radius 1 is 1.25 bits per heavy atom. The minimum atomic E-state index is 0.182. The number of aromatic nitrogens is 3. The number of ether oxygens (including phenoxy) is 1. The van der Waals surface area contributed by atoms with Crippen molar-refractivity contribution in [2.24, 2.45) is 4.99 Å². The maximum atomic E-state index is 5.67. The van der Waals surface area contributed by atoms with Crippen molar-refractivity contribution in [3.63, 3.8) is 0 Å². The van der Waals surface area contributed by atoms with E-state index in [0.717, 1.165) is 55.7 Å². The Labute approximate surface area is 191 Å². The molecule has 2 heterocycles. The summed E-state index contributed by atoms with van der Waals surface area (Å²) in [5, 5.41) is 15.0. The van der Waals surface area contributed by atoms with E-state index in [4.69, 9.17) is 9.73 Å². The topological polar surface area (TPSA) is 79.6 Å². The molecule has 0 bridgehead atoms. The summed E-state index contributed by atoms with van der Waals surface area (Å²) in [7, 11) is 1.74. The molecule has 0 radical (unpaired) electrons. The van der Waals surface area contributed by atoms with E-state index in [0.29, 0.717) is 13.1 Å². The fraction of sp³-hybridized carbons (Fsp3) is 0.542. The predicted molar refractivity (Wildman–Crippen MR) is 129 cm³/mol. The number of methoxy groups -OCH3 is 1. The molecule has 2 N–H and O–H groups in total. The van der Waals surface area contributed by atoms with Crippen LogP contribution in [0.2, 0.25) is 0 Å². The molecular formula is C24H37N7O. The van der Waals surface area contributed by atoms with E-state index < -0.39 is 0 Å². The average molecular weight is 440 g/mol. The molecule has 0 aliphatic carbocycles. The van der Waals surface area contributed by atoms with Gasteiger partial charge in [-0.15, -0.1) is 10.2 Å². The van der Waals surface area contributed by atoms with Crippen molar-refractivity contribution in [3.05, 3.63) is 54.1 Å². The molecule has 8 nitrogen and oxygen atoms in total. The van der Waals surface area contributed by atoms with Gasteiger partial charge in [-0.1, -0.05) is 37.3 Å². The molecule has 1 aliphatic rings. The normalized spacial score (nSPS) is 15.5. The SMILES string of the molecule is C=C(C)CNC(=NCC(c1ccccc1OC)N1CCCC1)NCCn1cnnc1CC. The Hall–Kier alpha value is -2.87. The molecule has 0 amide bonds. The molecule has 32 heavy (non-hydrogen) atoms. The third kappa shape index (κ3) is 6.56. The van der Waals surface area contributed by atoms with Gasteiger partial charge < -0.3 is 19.9 Å². The zero-order valence-corrected chi connectivity index (χ0v) is 19.7. The fourth-order valence-electron chi connectivity index (χ4n) is 4.03. The van der Waals surface area contributed by atoms with Crippen LogP contribution >= 0.6 is 0 Å². The monoisotopic (exact) mass is 439 g/mol. The Bertz CT molecular complexity index is 886. The summed E-state index contributed by atoms with van der Waals surface area (Å²) in [6.07, 6.45) is 5.11. The van der Waals surface area contributed by atoms with Crippen LogP contribution in [0.5, 0.6) is 5.75 Å². The highest BCUT2D eigenvalue weighted by molar-refractivity contribution is 5.80. The second-order valence-electron chi connectivity index (χ2n) is 8.22. The number of hydrogen-bond donors (Lipinski definition) is 2. The first-order valence-corrected chi connectivity index (χ1v) is 11.5. The summed E-state index contributed by atoms with van der Waals surface area (Å²) in [5.41, 5.74) is 2.25. The van der Waals surface area contributed by atoms with Crippen LogP contribution in [0.25, 0.3) is 0 Å². The molecule has 1 aliphatic heterocycles. The molecule has 1 atom stereocenters. The van der Waals surface area contributed by atoms with Crippen LogP contribution in [0.3, 0.4) is 0 Å². The minimum absolute atomic E-state index is 0.182. The van der Waals surface area contributed by atoms with Crippen LogP contribution in [0, 0.1) is 0 Å². The number of aliphatic imine (C=N–C) groups is 1. The molecule has 1 fully saturated rings. The summed E-state index contributed by atoms with van der Waals surface area (Å²) in [5.74, 6) is 2.70. The number of para-hydroxylation sites is 1. The van der Waals surface area contributed by atoms with Gasteiger partial charge in [0.15, 0.2) is 5.96 Å². The van der Waals surface area contributed by atoms with Crippen molar-refractivity contribution >= 4 is 5.96 Å². The van der Waals surface area contributed by atoms with Crippen LogP contribution in [0.1, 0.15) is 44.1 Å². The number of benzene rings is 1. The summed E-state index contributed by atoms with van der Waals surface area (Å²) in [6.45, 7) is 13.1. The number of nitrogens with one attached hydrogen (secondary N) is 2. The van der Waals surface area contributed by atoms with Gasteiger partial charge in [-0.2, -0.15) is 0 Å². The van der Waals surface area contributed by atoms with Gasteiger partial charge in [0.2, 0.25) is 0 Å². The lowest BCUT2D eigenvalue weighted by atomic mass is 10.0. The highest BCUT2D eigenvalue weighted by Gasteiger charge is 2.25. The zero-order chi connectivity index (χ0) is 22.8. The maximum absolute atomic E-state index is 5.67. The summed E-state index contributed by atoms with van der Waals surface area (Å²) >= 11 is 0. The van der Waals surface area contributed by atoms with Gasteiger partial charge >= 0.3 is 0 Å². The minimum Gasteiger partial charge on any atom is -0.496 e. The Morgan fingerprint density at radius 3 is 2.75 bits per heavy atom. The van der Waals surface area contributed by atoms with Gasteiger partial charge in [-0.3, -0.25) is 9.89 Å². The van der Waals surface area contributed by atoms with Gasteiger partial charge in [0.1, 0.15) is 17.9 Å². The summed E-state index contributed by atoms with van der Waals surface area (Å²) in [4.78, 5) is 7.49. The van der Waals surface area contributed by atoms with E-state index in [1.807, 2.05) is 19.1 Å². The number of aryl methyl sites for hydroxylation is 1. The third-order valence-corrected chi connectivity index (χ3v) is 5.72. The molecule has 0 spiro atoms. The number of nitrogens with zero attached hydrogens (tertiary/aromatic N) is 5. The van der Waals surface area contributed by atoms with E-state index in [1.165, 1.54) is 18.4 Å². The molecule has 1 unspecified atom stereocenters. The Morgan fingerprint density at radius 2 is 2.03 bits per heavy atom. The molecular weight excluding hydrogens is 402 g/mol. The van der Waals surface area contributed by atoms with E-state index >= 15 is 0 Å². The number of likely N-dealkylation sites (tertiary alicyclic amines) is 1. The second-order valence-corrected chi connectivity index (χ2v) is 8.22. The standard InChI is InChI=1S/C24H37N7O/c1-5-23-29-28-18-31(23)15-12-25-24(26-16-19(2)3)27-17-21(30-13-8-9-14-30)20-10-6-7-11-22(20)32-4/h6-7,10-11,18,21H,2,5,8-9,12-17H2,1,3-4H3,(H2,25,26,27). The lowest BCUT2D eigenvalue weighted by molar-refractivity contribution is 0.245. The van der Waals surface area contributed by atoms with Crippen molar-refractivity contribution in [2.75, 3.05) is 39.8 Å². The second kappa shape index (κ2) is 12.2. The largest absolute Gasteiger partial charge is 0.496 e. The number of hydrogen-bond acceptors (Lipinski definition) is 5. The number of guanidine groups is 1. The quantitative estimate of drug-likeness (QED) is 0.318. The van der Waals surface area contributed by atoms with Gasteiger partial charge in [0.05, 0.1) is 19.7 Å². The van der Waals surface area contributed by atoms with Crippen LogP contribution < -0.4 is 15.4 Å². The molecule has 1 aromatic carbocycles. The molecule has 1 saturated heterocycles. The molecule has 8 heteroatoms. The van der Waals surface area contributed by atoms with Crippen molar-refractivity contribution in [1.82, 2.24) is 30.3 Å². The first-order chi connectivity index (χ1) is 15.6. The van der Waals surface area contributed by atoms with E-state index in [-0.39, 0.29) is 6.04 Å². The van der Waals surface area contributed by atoms with E-state index in [2.05, 4.69) is 55.9 Å². The van der Waals surface area contributed by atoms with Crippen molar-refractivity contribution in [2.45, 2.75) is 45.7 Å².